The Kier molecular flexibility index (Phi) is 5.17. The van der Waals surface area contributed by atoms with Crippen molar-refractivity contribution < 1.29 is 14.3 Å². The first-order valence-corrected chi connectivity index (χ1v) is 8.17. The summed E-state index contributed by atoms with van der Waals surface area (Å²) in [4.78, 5) is 18.3. The van der Waals surface area contributed by atoms with Crippen LogP contribution in [0.25, 0.3) is 12.2 Å². The van der Waals surface area contributed by atoms with E-state index in [4.69, 9.17) is 9.47 Å². The maximum atomic E-state index is 12.0. The first kappa shape index (κ1) is 17.5. The van der Waals surface area contributed by atoms with Gasteiger partial charge in [0.25, 0.3) is 0 Å². The second-order valence-electron chi connectivity index (χ2n) is 5.96. The third-order valence-corrected chi connectivity index (χ3v) is 3.88. The molecule has 132 valence electrons. The van der Waals surface area contributed by atoms with Crippen LogP contribution in [0, 0.1) is 0 Å². The maximum Gasteiger partial charge on any atom is 0.363 e. The largest absolute Gasteiger partial charge is 0.497 e. The number of aliphatic imine (C=N–C) groups is 1. The highest BCUT2D eigenvalue weighted by Crippen LogP contribution is 2.19. The van der Waals surface area contributed by atoms with E-state index < -0.39 is 5.97 Å². The third-order valence-electron chi connectivity index (χ3n) is 3.88. The van der Waals surface area contributed by atoms with Gasteiger partial charge in [-0.1, -0.05) is 24.3 Å². The number of carbonyl (C=O) groups is 1. The molecule has 0 saturated heterocycles. The molecule has 0 radical (unpaired) electrons. The number of nitrogens with zero attached hydrogens (tertiary/aromatic N) is 2. The smallest absolute Gasteiger partial charge is 0.363 e. The van der Waals surface area contributed by atoms with Gasteiger partial charge >= 0.3 is 5.97 Å². The number of rotatable bonds is 5. The number of hydrogen-bond acceptors (Lipinski definition) is 5. The molecule has 2 aromatic rings. The fraction of sp³-hybridized carbons (Fsp3) is 0.143. The molecular weight excluding hydrogens is 328 g/mol. The number of cyclic esters (lactones) is 1. The lowest BCUT2D eigenvalue weighted by molar-refractivity contribution is -0.129. The van der Waals surface area contributed by atoms with Crippen LogP contribution < -0.4 is 9.64 Å². The predicted octanol–water partition coefficient (Wildman–Crippen LogP) is 3.77. The van der Waals surface area contributed by atoms with Crippen molar-refractivity contribution in [2.75, 3.05) is 26.1 Å². The van der Waals surface area contributed by atoms with Crippen molar-refractivity contribution >= 4 is 29.7 Å². The molecule has 0 saturated carbocycles. The Hall–Kier alpha value is -3.34. The molecule has 0 N–H and O–H groups in total. The van der Waals surface area contributed by atoms with Gasteiger partial charge in [-0.15, -0.1) is 0 Å². The Morgan fingerprint density at radius 1 is 0.962 bits per heavy atom. The maximum absolute atomic E-state index is 12.0. The number of carbonyl (C=O) groups excluding carboxylic acids is 1. The molecular formula is C21H20N2O3. The highest BCUT2D eigenvalue weighted by molar-refractivity contribution is 6.11. The number of methoxy groups -OCH3 is 1. The molecule has 26 heavy (non-hydrogen) atoms. The predicted molar refractivity (Wildman–Crippen MR) is 104 cm³/mol. The van der Waals surface area contributed by atoms with Crippen LogP contribution in [0.15, 0.2) is 65.3 Å². The van der Waals surface area contributed by atoms with Gasteiger partial charge in [0.15, 0.2) is 5.70 Å². The first-order chi connectivity index (χ1) is 12.5. The molecule has 0 bridgehead atoms. The summed E-state index contributed by atoms with van der Waals surface area (Å²) in [5.41, 5.74) is 3.25. The molecule has 0 unspecified atom stereocenters. The summed E-state index contributed by atoms with van der Waals surface area (Å²) in [6.07, 6.45) is 5.24. The molecule has 1 heterocycles. The lowest BCUT2D eigenvalue weighted by Gasteiger charge is -2.11. The minimum absolute atomic E-state index is 0.276. The van der Waals surface area contributed by atoms with E-state index in [9.17, 15) is 4.79 Å². The van der Waals surface area contributed by atoms with Crippen molar-refractivity contribution in [1.29, 1.82) is 0 Å². The molecule has 0 fully saturated rings. The monoisotopic (exact) mass is 348 g/mol. The Balaban J connectivity index is 1.73. The van der Waals surface area contributed by atoms with Crippen LogP contribution in [0.4, 0.5) is 5.69 Å². The third kappa shape index (κ3) is 4.19. The Morgan fingerprint density at radius 2 is 1.62 bits per heavy atom. The van der Waals surface area contributed by atoms with Crippen molar-refractivity contribution in [2.24, 2.45) is 4.99 Å². The number of anilines is 1. The molecule has 0 atom stereocenters. The summed E-state index contributed by atoms with van der Waals surface area (Å²) in [5.74, 6) is 0.587. The number of hydrogen-bond donors (Lipinski definition) is 0. The minimum atomic E-state index is -0.455. The van der Waals surface area contributed by atoms with Crippen molar-refractivity contribution in [1.82, 2.24) is 0 Å². The minimum Gasteiger partial charge on any atom is -0.497 e. The zero-order valence-corrected chi connectivity index (χ0v) is 15.0. The molecule has 1 aliphatic heterocycles. The van der Waals surface area contributed by atoms with Gasteiger partial charge in [-0.25, -0.2) is 9.79 Å². The standard InChI is InChI=1S/C21H20N2O3/c1-23(2)17-9-4-15(5-10-17)8-13-20-22-19(21(24)26-20)14-16-6-11-18(25-3)12-7-16/h4-14H,1-3H3. The van der Waals surface area contributed by atoms with Gasteiger partial charge in [0.2, 0.25) is 5.90 Å². The fourth-order valence-corrected chi connectivity index (χ4v) is 2.41. The van der Waals surface area contributed by atoms with Crippen LogP contribution in [0.3, 0.4) is 0 Å². The van der Waals surface area contributed by atoms with E-state index in [0.717, 1.165) is 22.6 Å². The van der Waals surface area contributed by atoms with E-state index in [-0.39, 0.29) is 11.6 Å². The second kappa shape index (κ2) is 7.70. The summed E-state index contributed by atoms with van der Waals surface area (Å²) < 4.78 is 10.3. The van der Waals surface area contributed by atoms with Crippen LogP contribution in [0.2, 0.25) is 0 Å². The van der Waals surface area contributed by atoms with E-state index in [1.165, 1.54) is 0 Å². The van der Waals surface area contributed by atoms with E-state index in [0.29, 0.717) is 0 Å². The second-order valence-corrected chi connectivity index (χ2v) is 5.96. The summed E-state index contributed by atoms with van der Waals surface area (Å²) in [7, 11) is 5.60. The quantitative estimate of drug-likeness (QED) is 0.610. The molecule has 5 nitrogen and oxygen atoms in total. The molecule has 2 aromatic carbocycles. The van der Waals surface area contributed by atoms with Crippen LogP contribution in [0.5, 0.6) is 5.75 Å². The average molecular weight is 348 g/mol. The van der Waals surface area contributed by atoms with Gasteiger partial charge in [-0.05, 0) is 47.5 Å². The van der Waals surface area contributed by atoms with E-state index in [1.54, 1.807) is 19.3 Å². The van der Waals surface area contributed by atoms with Crippen molar-refractivity contribution in [3.8, 4) is 5.75 Å². The normalized spacial score (nSPS) is 15.3. The zero-order chi connectivity index (χ0) is 18.5. The van der Waals surface area contributed by atoms with Gasteiger partial charge in [0, 0.05) is 25.9 Å². The molecule has 0 spiro atoms. The Labute approximate surface area is 152 Å². The number of esters is 1. The Bertz CT molecular complexity index is 876. The van der Waals surface area contributed by atoms with Gasteiger partial charge in [-0.3, -0.25) is 0 Å². The highest BCUT2D eigenvalue weighted by Gasteiger charge is 2.21. The highest BCUT2D eigenvalue weighted by atomic mass is 16.6. The topological polar surface area (TPSA) is 51.1 Å². The molecule has 0 amide bonds. The number of ether oxygens (including phenoxy) is 2. The summed E-state index contributed by atoms with van der Waals surface area (Å²) in [6.45, 7) is 0. The first-order valence-electron chi connectivity index (χ1n) is 8.17. The summed E-state index contributed by atoms with van der Waals surface area (Å²) >= 11 is 0. The van der Waals surface area contributed by atoms with Crippen LogP contribution in [-0.4, -0.2) is 33.1 Å². The van der Waals surface area contributed by atoms with Crippen molar-refractivity contribution in [3.63, 3.8) is 0 Å². The molecule has 1 aliphatic rings. The molecule has 0 aliphatic carbocycles. The van der Waals surface area contributed by atoms with Crippen LogP contribution >= 0.6 is 0 Å². The zero-order valence-electron chi connectivity index (χ0n) is 15.0. The summed E-state index contributed by atoms with van der Waals surface area (Å²) in [6, 6.07) is 15.4. The lowest BCUT2D eigenvalue weighted by atomic mass is 10.2. The lowest BCUT2D eigenvalue weighted by Crippen LogP contribution is -2.07. The van der Waals surface area contributed by atoms with Gasteiger partial charge < -0.3 is 14.4 Å². The van der Waals surface area contributed by atoms with E-state index in [1.807, 2.05) is 73.6 Å². The molecule has 0 aromatic heterocycles. The van der Waals surface area contributed by atoms with Gasteiger partial charge in [-0.2, -0.15) is 0 Å². The number of benzene rings is 2. The molecule has 5 heteroatoms. The molecule has 3 rings (SSSR count). The van der Waals surface area contributed by atoms with Crippen molar-refractivity contribution in [2.45, 2.75) is 0 Å². The average Bonchev–Trinajstić information content (AvgIpc) is 3.00. The van der Waals surface area contributed by atoms with Crippen LogP contribution in [-0.2, 0) is 9.53 Å². The van der Waals surface area contributed by atoms with Gasteiger partial charge in [0.05, 0.1) is 7.11 Å². The summed E-state index contributed by atoms with van der Waals surface area (Å²) in [5, 5.41) is 0. The van der Waals surface area contributed by atoms with Crippen molar-refractivity contribution in [3.05, 3.63) is 71.4 Å². The van der Waals surface area contributed by atoms with Gasteiger partial charge in [0.1, 0.15) is 5.75 Å². The van der Waals surface area contributed by atoms with Crippen LogP contribution in [0.1, 0.15) is 11.1 Å². The fourth-order valence-electron chi connectivity index (χ4n) is 2.41. The van der Waals surface area contributed by atoms with E-state index in [2.05, 4.69) is 4.99 Å². The SMILES string of the molecule is COc1ccc(C=C2N=C(C=Cc3ccc(N(C)C)cc3)OC2=O)cc1. The van der Waals surface area contributed by atoms with E-state index >= 15 is 0 Å². The Morgan fingerprint density at radius 3 is 2.23 bits per heavy atom.